The van der Waals surface area contributed by atoms with Gasteiger partial charge in [-0.3, -0.25) is 4.79 Å². The summed E-state index contributed by atoms with van der Waals surface area (Å²) >= 11 is 1.57. The molecule has 1 atom stereocenters. The number of nitrogens with two attached hydrogens (primary N) is 1. The van der Waals surface area contributed by atoms with Gasteiger partial charge in [-0.15, -0.1) is 11.8 Å². The van der Waals surface area contributed by atoms with Crippen molar-refractivity contribution in [3.63, 3.8) is 0 Å². The number of benzene rings is 1. The molecular weight excluding hydrogens is 300 g/mol. The highest BCUT2D eigenvalue weighted by atomic mass is 32.2. The lowest BCUT2D eigenvalue weighted by molar-refractivity contribution is -0.131. The minimum absolute atomic E-state index is 0.259. The normalized spacial score (nSPS) is 12.6. The predicted molar refractivity (Wildman–Crippen MR) is 88.8 cm³/mol. The summed E-state index contributed by atoms with van der Waals surface area (Å²) in [7, 11) is 0. The van der Waals surface area contributed by atoms with Crippen molar-refractivity contribution >= 4 is 23.8 Å². The fraction of sp³-hybridized carbons (Fsp3) is 0.500. The van der Waals surface area contributed by atoms with Gasteiger partial charge < -0.3 is 10.5 Å². The molecule has 2 amide bonds. The van der Waals surface area contributed by atoms with E-state index in [0.717, 1.165) is 9.80 Å². The maximum atomic E-state index is 12.2. The molecule has 1 rings (SSSR count). The third-order valence-electron chi connectivity index (χ3n) is 2.60. The number of amides is 2. The second kappa shape index (κ2) is 8.19. The molecule has 0 aliphatic rings. The van der Waals surface area contributed by atoms with Gasteiger partial charge >= 0.3 is 6.09 Å². The van der Waals surface area contributed by atoms with Crippen LogP contribution in [0.4, 0.5) is 4.79 Å². The van der Waals surface area contributed by atoms with Crippen LogP contribution in [0.15, 0.2) is 35.2 Å². The molecule has 1 aromatic rings. The number of rotatable bonds is 5. The number of imide groups is 1. The van der Waals surface area contributed by atoms with Gasteiger partial charge in [0.05, 0.1) is 6.04 Å². The lowest BCUT2D eigenvalue weighted by Gasteiger charge is -2.27. The molecule has 0 fully saturated rings. The Kier molecular flexibility index (Phi) is 6.90. The molecule has 0 saturated heterocycles. The Hall–Kier alpha value is -1.53. The minimum atomic E-state index is -0.741. The summed E-state index contributed by atoms with van der Waals surface area (Å²) in [4.78, 5) is 26.4. The van der Waals surface area contributed by atoms with Gasteiger partial charge in [0, 0.05) is 17.2 Å². The molecule has 6 heteroatoms. The van der Waals surface area contributed by atoms with Crippen molar-refractivity contribution in [3.8, 4) is 0 Å². The van der Waals surface area contributed by atoms with Crippen LogP contribution in [-0.2, 0) is 9.53 Å². The fourth-order valence-corrected chi connectivity index (χ4v) is 2.48. The number of carbonyl (C=O) groups is 2. The van der Waals surface area contributed by atoms with Crippen molar-refractivity contribution in [3.05, 3.63) is 30.3 Å². The molecule has 0 saturated carbocycles. The molecule has 22 heavy (non-hydrogen) atoms. The lowest BCUT2D eigenvalue weighted by atomic mass is 10.2. The lowest BCUT2D eigenvalue weighted by Crippen LogP contribution is -2.48. The van der Waals surface area contributed by atoms with Crippen LogP contribution in [0.1, 0.15) is 27.7 Å². The van der Waals surface area contributed by atoms with E-state index < -0.39 is 23.6 Å². The van der Waals surface area contributed by atoms with Gasteiger partial charge in [-0.25, -0.2) is 9.69 Å². The van der Waals surface area contributed by atoms with Gasteiger partial charge in [0.2, 0.25) is 5.91 Å². The summed E-state index contributed by atoms with van der Waals surface area (Å²) < 4.78 is 5.28. The zero-order chi connectivity index (χ0) is 16.8. The molecule has 1 aromatic carbocycles. The summed E-state index contributed by atoms with van der Waals surface area (Å²) in [6, 6.07) is 9.05. The quantitative estimate of drug-likeness (QED) is 0.843. The predicted octanol–water partition coefficient (Wildman–Crippen LogP) is 2.89. The van der Waals surface area contributed by atoms with E-state index in [-0.39, 0.29) is 6.54 Å². The molecule has 2 N–H and O–H groups in total. The molecule has 0 radical (unpaired) electrons. The fourth-order valence-electron chi connectivity index (χ4n) is 1.63. The van der Waals surface area contributed by atoms with Crippen molar-refractivity contribution in [2.45, 2.75) is 44.2 Å². The van der Waals surface area contributed by atoms with E-state index in [2.05, 4.69) is 0 Å². The molecule has 0 heterocycles. The number of hydrogen-bond donors (Lipinski definition) is 1. The van der Waals surface area contributed by atoms with Crippen molar-refractivity contribution < 1.29 is 14.3 Å². The minimum Gasteiger partial charge on any atom is -0.443 e. The Balaban J connectivity index is 2.66. The van der Waals surface area contributed by atoms with Crippen LogP contribution >= 0.6 is 11.8 Å². The first kappa shape index (κ1) is 18.5. The number of thioether (sulfide) groups is 1. The van der Waals surface area contributed by atoms with Crippen LogP contribution < -0.4 is 5.73 Å². The van der Waals surface area contributed by atoms with Crippen LogP contribution in [0.3, 0.4) is 0 Å². The van der Waals surface area contributed by atoms with E-state index in [1.165, 1.54) is 0 Å². The summed E-state index contributed by atoms with van der Waals surface area (Å²) in [5.41, 5.74) is 4.96. The van der Waals surface area contributed by atoms with E-state index in [0.29, 0.717) is 5.75 Å². The Morgan fingerprint density at radius 1 is 1.27 bits per heavy atom. The number of ether oxygens (including phenoxy) is 1. The van der Waals surface area contributed by atoms with Gasteiger partial charge in [-0.2, -0.15) is 0 Å². The Morgan fingerprint density at radius 3 is 2.36 bits per heavy atom. The van der Waals surface area contributed by atoms with Crippen molar-refractivity contribution in [2.75, 3.05) is 12.3 Å². The summed E-state index contributed by atoms with van der Waals surface area (Å²) in [5, 5.41) is 0. The molecule has 5 nitrogen and oxygen atoms in total. The maximum absolute atomic E-state index is 12.2. The molecule has 0 aromatic heterocycles. The van der Waals surface area contributed by atoms with Crippen LogP contribution in [0.2, 0.25) is 0 Å². The molecule has 0 bridgehead atoms. The van der Waals surface area contributed by atoms with Gasteiger partial charge in [0.15, 0.2) is 0 Å². The third-order valence-corrected chi connectivity index (χ3v) is 3.59. The van der Waals surface area contributed by atoms with E-state index in [1.54, 1.807) is 39.5 Å². The molecule has 122 valence electrons. The van der Waals surface area contributed by atoms with Crippen LogP contribution in [0.25, 0.3) is 0 Å². The van der Waals surface area contributed by atoms with Crippen LogP contribution in [-0.4, -0.2) is 40.8 Å². The van der Waals surface area contributed by atoms with Crippen molar-refractivity contribution in [1.29, 1.82) is 0 Å². The van der Waals surface area contributed by atoms with Crippen LogP contribution in [0.5, 0.6) is 0 Å². The van der Waals surface area contributed by atoms with E-state index in [9.17, 15) is 9.59 Å². The average Bonchev–Trinajstić information content (AvgIpc) is 2.42. The second-order valence-electron chi connectivity index (χ2n) is 5.92. The van der Waals surface area contributed by atoms with E-state index >= 15 is 0 Å². The summed E-state index contributed by atoms with van der Waals surface area (Å²) in [6.07, 6.45) is -0.650. The smallest absolute Gasteiger partial charge is 0.417 e. The topological polar surface area (TPSA) is 72.6 Å². The van der Waals surface area contributed by atoms with Crippen molar-refractivity contribution in [2.24, 2.45) is 5.73 Å². The SMILES string of the molecule is C[C@@H](N)C(=O)N(CCSc1ccccc1)C(=O)OC(C)(C)C. The van der Waals surface area contributed by atoms with Gasteiger partial charge in [0.1, 0.15) is 5.60 Å². The van der Waals surface area contributed by atoms with Gasteiger partial charge in [-0.05, 0) is 39.8 Å². The molecule has 0 aliphatic carbocycles. The highest BCUT2D eigenvalue weighted by Gasteiger charge is 2.28. The van der Waals surface area contributed by atoms with Gasteiger partial charge in [0.25, 0.3) is 0 Å². The third kappa shape index (κ3) is 6.49. The molecule has 0 unspecified atom stereocenters. The first-order valence-electron chi connectivity index (χ1n) is 7.18. The largest absolute Gasteiger partial charge is 0.443 e. The number of carbonyl (C=O) groups excluding carboxylic acids is 2. The Labute approximate surface area is 136 Å². The zero-order valence-corrected chi connectivity index (χ0v) is 14.4. The highest BCUT2D eigenvalue weighted by molar-refractivity contribution is 7.99. The summed E-state index contributed by atoms with van der Waals surface area (Å²) in [6.45, 7) is 7.10. The number of nitrogens with zero attached hydrogens (tertiary/aromatic N) is 1. The highest BCUT2D eigenvalue weighted by Crippen LogP contribution is 2.18. The first-order valence-corrected chi connectivity index (χ1v) is 8.17. The van der Waals surface area contributed by atoms with Crippen LogP contribution in [0, 0.1) is 0 Å². The molecule has 0 aliphatic heterocycles. The zero-order valence-electron chi connectivity index (χ0n) is 13.5. The first-order chi connectivity index (χ1) is 10.2. The van der Waals surface area contributed by atoms with E-state index in [1.807, 2.05) is 30.3 Å². The van der Waals surface area contributed by atoms with Gasteiger partial charge in [-0.1, -0.05) is 18.2 Å². The second-order valence-corrected chi connectivity index (χ2v) is 7.09. The van der Waals surface area contributed by atoms with E-state index in [4.69, 9.17) is 10.5 Å². The average molecular weight is 324 g/mol. The Bertz CT molecular complexity index is 498. The Morgan fingerprint density at radius 2 is 1.86 bits per heavy atom. The molecule has 0 spiro atoms. The van der Waals surface area contributed by atoms with Crippen molar-refractivity contribution in [1.82, 2.24) is 4.90 Å². The maximum Gasteiger partial charge on any atom is 0.417 e. The molecular formula is C16H24N2O3S. The summed E-state index contributed by atoms with van der Waals surface area (Å²) in [5.74, 6) is 0.157. The monoisotopic (exact) mass is 324 g/mol. The number of hydrogen-bond acceptors (Lipinski definition) is 5. The standard InChI is InChI=1S/C16H24N2O3S/c1-12(17)14(19)18(15(20)21-16(2,3)4)10-11-22-13-8-6-5-7-9-13/h5-9,12H,10-11,17H2,1-4H3/t12-/m1/s1.